The Labute approximate surface area is 91.5 Å². The van der Waals surface area contributed by atoms with Gasteiger partial charge in [-0.15, -0.1) is 6.58 Å². The average molecular weight is 215 g/mol. The molecule has 0 unspecified atom stereocenters. The van der Waals surface area contributed by atoms with Gasteiger partial charge in [-0.3, -0.25) is 9.69 Å². The number of aliphatic carboxylic acids is 1. The summed E-state index contributed by atoms with van der Waals surface area (Å²) >= 11 is 0. The molecule has 88 valence electrons. The number of rotatable bonds is 10. The van der Waals surface area contributed by atoms with Gasteiger partial charge < -0.3 is 9.84 Å². The Morgan fingerprint density at radius 2 is 2.27 bits per heavy atom. The number of nitrogens with zero attached hydrogens (tertiary/aromatic N) is 1. The highest BCUT2D eigenvalue weighted by Crippen LogP contribution is 1.92. The molecular weight excluding hydrogens is 194 g/mol. The molecule has 0 aromatic carbocycles. The maximum absolute atomic E-state index is 10.5. The molecule has 0 heterocycles. The van der Waals surface area contributed by atoms with Crippen molar-refractivity contribution in [1.29, 1.82) is 0 Å². The molecule has 4 nitrogen and oxygen atoms in total. The topological polar surface area (TPSA) is 49.8 Å². The third-order valence-corrected chi connectivity index (χ3v) is 1.94. The molecule has 0 saturated carbocycles. The van der Waals surface area contributed by atoms with Crippen molar-refractivity contribution in [2.75, 3.05) is 32.8 Å². The summed E-state index contributed by atoms with van der Waals surface area (Å²) in [4.78, 5) is 12.3. The van der Waals surface area contributed by atoms with E-state index in [1.54, 1.807) is 11.0 Å². The van der Waals surface area contributed by atoms with E-state index in [4.69, 9.17) is 9.84 Å². The molecule has 0 amide bonds. The van der Waals surface area contributed by atoms with E-state index < -0.39 is 5.97 Å². The lowest BCUT2D eigenvalue weighted by atomic mass is 10.4. The summed E-state index contributed by atoms with van der Waals surface area (Å²) in [6.07, 6.45) is 3.88. The Morgan fingerprint density at radius 1 is 1.53 bits per heavy atom. The normalized spacial score (nSPS) is 10.5. The van der Waals surface area contributed by atoms with Crippen LogP contribution in [0, 0.1) is 0 Å². The Morgan fingerprint density at radius 3 is 2.80 bits per heavy atom. The monoisotopic (exact) mass is 215 g/mol. The number of unbranched alkanes of at least 4 members (excludes halogenated alkanes) is 1. The van der Waals surface area contributed by atoms with E-state index in [1.165, 1.54) is 0 Å². The molecule has 0 radical (unpaired) electrons. The first-order chi connectivity index (χ1) is 7.20. The van der Waals surface area contributed by atoms with Crippen molar-refractivity contribution in [3.05, 3.63) is 12.7 Å². The molecule has 0 aliphatic rings. The van der Waals surface area contributed by atoms with Gasteiger partial charge in [-0.1, -0.05) is 19.4 Å². The number of ether oxygens (including phenoxy) is 1. The second-order valence-corrected chi connectivity index (χ2v) is 3.38. The van der Waals surface area contributed by atoms with Crippen LogP contribution in [-0.2, 0) is 9.53 Å². The van der Waals surface area contributed by atoms with Gasteiger partial charge in [0.1, 0.15) is 0 Å². The summed E-state index contributed by atoms with van der Waals surface area (Å²) in [6.45, 7) is 8.31. The molecule has 0 bridgehead atoms. The standard InChI is InChI=1S/C11H21NO3/c1-3-5-8-15-9-7-12(6-4-2)10-11(13)14/h4H,2-3,5-10H2,1H3,(H,13,14). The van der Waals surface area contributed by atoms with E-state index in [9.17, 15) is 4.79 Å². The fraction of sp³-hybridized carbons (Fsp3) is 0.727. The van der Waals surface area contributed by atoms with Gasteiger partial charge in [-0.2, -0.15) is 0 Å². The molecule has 0 spiro atoms. The van der Waals surface area contributed by atoms with Crippen LogP contribution in [0.4, 0.5) is 0 Å². The average Bonchev–Trinajstić information content (AvgIpc) is 2.17. The first kappa shape index (κ1) is 14.1. The predicted molar refractivity (Wildman–Crippen MR) is 60.0 cm³/mol. The van der Waals surface area contributed by atoms with Crippen molar-refractivity contribution < 1.29 is 14.6 Å². The first-order valence-corrected chi connectivity index (χ1v) is 5.33. The highest BCUT2D eigenvalue weighted by molar-refractivity contribution is 5.69. The SMILES string of the molecule is C=CCN(CCOCCCC)CC(=O)O. The first-order valence-electron chi connectivity index (χ1n) is 5.33. The third kappa shape index (κ3) is 9.43. The van der Waals surface area contributed by atoms with Crippen LogP contribution < -0.4 is 0 Å². The van der Waals surface area contributed by atoms with Crippen LogP contribution in [0.3, 0.4) is 0 Å². The number of carbonyl (C=O) groups is 1. The van der Waals surface area contributed by atoms with Gasteiger partial charge in [-0.05, 0) is 6.42 Å². The summed E-state index contributed by atoms with van der Waals surface area (Å²) in [7, 11) is 0. The summed E-state index contributed by atoms with van der Waals surface area (Å²) in [5.74, 6) is -0.814. The van der Waals surface area contributed by atoms with Gasteiger partial charge in [-0.25, -0.2) is 0 Å². The molecule has 0 aliphatic carbocycles. The van der Waals surface area contributed by atoms with Gasteiger partial charge in [0.05, 0.1) is 13.2 Å². The van der Waals surface area contributed by atoms with Crippen molar-refractivity contribution >= 4 is 5.97 Å². The van der Waals surface area contributed by atoms with Gasteiger partial charge in [0, 0.05) is 19.7 Å². The fourth-order valence-corrected chi connectivity index (χ4v) is 1.15. The minimum atomic E-state index is -0.814. The van der Waals surface area contributed by atoms with Crippen LogP contribution in [0.15, 0.2) is 12.7 Å². The van der Waals surface area contributed by atoms with Gasteiger partial charge in [0.2, 0.25) is 0 Å². The quantitative estimate of drug-likeness (QED) is 0.442. The zero-order chi connectivity index (χ0) is 11.5. The van der Waals surface area contributed by atoms with Gasteiger partial charge in [0.15, 0.2) is 0 Å². The van der Waals surface area contributed by atoms with E-state index in [1.807, 2.05) is 0 Å². The second kappa shape index (κ2) is 9.68. The summed E-state index contributed by atoms with van der Waals surface area (Å²) < 4.78 is 5.36. The van der Waals surface area contributed by atoms with Crippen LogP contribution in [0.5, 0.6) is 0 Å². The van der Waals surface area contributed by atoms with Crippen molar-refractivity contribution in [2.45, 2.75) is 19.8 Å². The van der Waals surface area contributed by atoms with Gasteiger partial charge in [0.25, 0.3) is 0 Å². The van der Waals surface area contributed by atoms with E-state index in [-0.39, 0.29) is 6.54 Å². The van der Waals surface area contributed by atoms with Crippen molar-refractivity contribution in [3.8, 4) is 0 Å². The maximum Gasteiger partial charge on any atom is 0.317 e. The highest BCUT2D eigenvalue weighted by Gasteiger charge is 2.06. The smallest absolute Gasteiger partial charge is 0.317 e. The lowest BCUT2D eigenvalue weighted by Crippen LogP contribution is -2.33. The number of hydrogen-bond donors (Lipinski definition) is 1. The Hall–Kier alpha value is -0.870. The zero-order valence-electron chi connectivity index (χ0n) is 9.45. The van der Waals surface area contributed by atoms with Crippen molar-refractivity contribution in [2.24, 2.45) is 0 Å². The van der Waals surface area contributed by atoms with E-state index in [0.29, 0.717) is 19.7 Å². The molecule has 0 atom stereocenters. The Kier molecular flexibility index (Phi) is 9.11. The Balaban J connectivity index is 3.56. The predicted octanol–water partition coefficient (Wildman–Crippen LogP) is 1.38. The highest BCUT2D eigenvalue weighted by atomic mass is 16.5. The minimum Gasteiger partial charge on any atom is -0.480 e. The van der Waals surface area contributed by atoms with Crippen LogP contribution in [0.25, 0.3) is 0 Å². The number of hydrogen-bond acceptors (Lipinski definition) is 3. The molecule has 4 heteroatoms. The lowest BCUT2D eigenvalue weighted by molar-refractivity contribution is -0.138. The van der Waals surface area contributed by atoms with Crippen LogP contribution >= 0.6 is 0 Å². The van der Waals surface area contributed by atoms with Crippen molar-refractivity contribution in [1.82, 2.24) is 4.90 Å². The molecule has 0 fully saturated rings. The maximum atomic E-state index is 10.5. The van der Waals surface area contributed by atoms with Crippen molar-refractivity contribution in [3.63, 3.8) is 0 Å². The molecule has 0 rings (SSSR count). The fourth-order valence-electron chi connectivity index (χ4n) is 1.15. The number of carboxylic acids is 1. The molecule has 0 aliphatic heterocycles. The Bertz CT molecular complexity index is 183. The molecule has 15 heavy (non-hydrogen) atoms. The van der Waals surface area contributed by atoms with Crippen LogP contribution in [0.1, 0.15) is 19.8 Å². The molecular formula is C11H21NO3. The van der Waals surface area contributed by atoms with E-state index in [2.05, 4.69) is 13.5 Å². The second-order valence-electron chi connectivity index (χ2n) is 3.38. The zero-order valence-corrected chi connectivity index (χ0v) is 9.45. The van der Waals surface area contributed by atoms with Gasteiger partial charge >= 0.3 is 5.97 Å². The van der Waals surface area contributed by atoms with Crippen LogP contribution in [-0.4, -0.2) is 48.8 Å². The van der Waals surface area contributed by atoms with Crippen LogP contribution in [0.2, 0.25) is 0 Å². The summed E-state index contributed by atoms with van der Waals surface area (Å²) in [5, 5.41) is 8.63. The van der Waals surface area contributed by atoms with E-state index in [0.717, 1.165) is 19.4 Å². The molecule has 1 N–H and O–H groups in total. The third-order valence-electron chi connectivity index (χ3n) is 1.94. The summed E-state index contributed by atoms with van der Waals surface area (Å²) in [6, 6.07) is 0. The lowest BCUT2D eigenvalue weighted by Gasteiger charge is -2.17. The summed E-state index contributed by atoms with van der Waals surface area (Å²) in [5.41, 5.74) is 0. The molecule has 0 aromatic heterocycles. The molecule has 0 aromatic rings. The minimum absolute atomic E-state index is 0.0448. The largest absolute Gasteiger partial charge is 0.480 e. The molecule has 0 saturated heterocycles. The number of carboxylic acid groups (broad SMARTS) is 1. The van der Waals surface area contributed by atoms with E-state index >= 15 is 0 Å².